The van der Waals surface area contributed by atoms with Crippen molar-refractivity contribution in [2.45, 2.75) is 61.9 Å². The minimum absolute atomic E-state index is 0.0773. The van der Waals surface area contributed by atoms with Gasteiger partial charge in [-0.1, -0.05) is 53.2 Å². The van der Waals surface area contributed by atoms with E-state index in [-0.39, 0.29) is 17.4 Å². The zero-order valence-electron chi connectivity index (χ0n) is 17.4. The van der Waals surface area contributed by atoms with Gasteiger partial charge in [-0.15, -0.1) is 0 Å². The highest BCUT2D eigenvalue weighted by molar-refractivity contribution is 9.10. The number of carbonyl (C=O) groups excluding carboxylic acids is 2. The van der Waals surface area contributed by atoms with Crippen molar-refractivity contribution >= 4 is 55.1 Å². The van der Waals surface area contributed by atoms with Crippen LogP contribution < -0.4 is 4.90 Å². The quantitative estimate of drug-likeness (QED) is 0.389. The van der Waals surface area contributed by atoms with Crippen LogP contribution in [-0.2, 0) is 19.6 Å². The normalized spacial score (nSPS) is 20.7. The van der Waals surface area contributed by atoms with Gasteiger partial charge in [0.1, 0.15) is 6.04 Å². The molecule has 1 heterocycles. The maximum atomic E-state index is 13.8. The van der Waals surface area contributed by atoms with E-state index in [1.807, 2.05) is 0 Å². The zero-order chi connectivity index (χ0) is 22.9. The van der Waals surface area contributed by atoms with Gasteiger partial charge in [-0.25, -0.2) is 13.3 Å². The van der Waals surface area contributed by atoms with Gasteiger partial charge in [-0.05, 0) is 61.4 Å². The molecule has 2 fully saturated rings. The van der Waals surface area contributed by atoms with E-state index in [0.29, 0.717) is 23.6 Å². The molecule has 170 valence electrons. The Morgan fingerprint density at radius 3 is 2.09 bits per heavy atom. The fourth-order valence-electron chi connectivity index (χ4n) is 4.53. The molecule has 1 aliphatic carbocycles. The highest BCUT2D eigenvalue weighted by atomic mass is 79.9. The number of benzene rings is 2. The van der Waals surface area contributed by atoms with E-state index in [1.165, 1.54) is 28.6 Å². The molecule has 0 bridgehead atoms. The lowest BCUT2D eigenvalue weighted by molar-refractivity contribution is -0.122. The van der Waals surface area contributed by atoms with Crippen LogP contribution in [-0.4, -0.2) is 36.6 Å². The first-order valence-corrected chi connectivity index (χ1v) is 13.3. The standard InChI is InChI=1S/C23H24BrClN2O4S/c24-16-7-11-18(12-8-16)26-22(28)15-21(23(26)29)27(19-5-3-1-2-4-6-19)32(30,31)20-13-9-17(25)10-14-20/h7-14,19,21H,1-6,15H2. The van der Waals surface area contributed by atoms with Crippen molar-refractivity contribution in [1.29, 1.82) is 0 Å². The second-order valence-corrected chi connectivity index (χ2v) is 11.4. The lowest BCUT2D eigenvalue weighted by atomic mass is 10.1. The van der Waals surface area contributed by atoms with Crippen molar-refractivity contribution in [3.05, 3.63) is 58.0 Å². The van der Waals surface area contributed by atoms with Crippen molar-refractivity contribution in [1.82, 2.24) is 4.31 Å². The second kappa shape index (κ2) is 9.63. The van der Waals surface area contributed by atoms with E-state index in [2.05, 4.69) is 15.9 Å². The summed E-state index contributed by atoms with van der Waals surface area (Å²) >= 11 is 9.31. The summed E-state index contributed by atoms with van der Waals surface area (Å²) in [4.78, 5) is 27.6. The summed E-state index contributed by atoms with van der Waals surface area (Å²) in [5.74, 6) is -0.897. The van der Waals surface area contributed by atoms with Gasteiger partial charge in [-0.3, -0.25) is 9.59 Å². The molecule has 4 rings (SSSR count). The molecule has 6 nitrogen and oxygen atoms in total. The van der Waals surface area contributed by atoms with Crippen molar-refractivity contribution in [2.75, 3.05) is 4.90 Å². The molecule has 2 amide bonds. The summed E-state index contributed by atoms with van der Waals surface area (Å²) in [5, 5.41) is 0.429. The molecule has 1 saturated heterocycles. The molecule has 32 heavy (non-hydrogen) atoms. The smallest absolute Gasteiger partial charge is 0.252 e. The van der Waals surface area contributed by atoms with Gasteiger partial charge in [0.2, 0.25) is 15.9 Å². The molecule has 1 aliphatic heterocycles. The molecule has 9 heteroatoms. The first kappa shape index (κ1) is 23.4. The van der Waals surface area contributed by atoms with E-state index < -0.39 is 27.9 Å². The summed E-state index contributed by atoms with van der Waals surface area (Å²) in [6.45, 7) is 0. The minimum Gasteiger partial charge on any atom is -0.274 e. The van der Waals surface area contributed by atoms with Crippen LogP contribution in [0.25, 0.3) is 0 Å². The van der Waals surface area contributed by atoms with Gasteiger partial charge in [-0.2, -0.15) is 4.31 Å². The maximum Gasteiger partial charge on any atom is 0.252 e. The van der Waals surface area contributed by atoms with E-state index in [0.717, 1.165) is 35.1 Å². The Kier molecular flexibility index (Phi) is 7.05. The first-order valence-electron chi connectivity index (χ1n) is 10.7. The number of amides is 2. The summed E-state index contributed by atoms with van der Waals surface area (Å²) in [7, 11) is -4.02. The number of hydrogen-bond acceptors (Lipinski definition) is 4. The molecule has 0 aromatic heterocycles. The molecule has 1 saturated carbocycles. The topological polar surface area (TPSA) is 74.8 Å². The molecule has 0 N–H and O–H groups in total. The van der Waals surface area contributed by atoms with Gasteiger partial charge in [0.05, 0.1) is 17.0 Å². The summed E-state index contributed by atoms with van der Waals surface area (Å²) in [6, 6.07) is 11.4. The van der Waals surface area contributed by atoms with Gasteiger partial charge < -0.3 is 0 Å². The fourth-order valence-corrected chi connectivity index (χ4v) is 6.75. The predicted molar refractivity (Wildman–Crippen MR) is 127 cm³/mol. The molecule has 1 atom stereocenters. The average molecular weight is 540 g/mol. The molecule has 0 spiro atoms. The Hall–Kier alpha value is -1.74. The average Bonchev–Trinajstić information content (AvgIpc) is 2.93. The monoisotopic (exact) mass is 538 g/mol. The van der Waals surface area contributed by atoms with Crippen molar-refractivity contribution in [3.8, 4) is 0 Å². The van der Waals surface area contributed by atoms with Crippen molar-refractivity contribution < 1.29 is 18.0 Å². The Morgan fingerprint density at radius 1 is 0.906 bits per heavy atom. The number of sulfonamides is 1. The Bertz CT molecular complexity index is 1100. The van der Waals surface area contributed by atoms with Crippen LogP contribution >= 0.6 is 27.5 Å². The summed E-state index contributed by atoms with van der Waals surface area (Å²) < 4.78 is 29.7. The summed E-state index contributed by atoms with van der Waals surface area (Å²) in [5.41, 5.74) is 0.440. The zero-order valence-corrected chi connectivity index (χ0v) is 20.6. The third-order valence-electron chi connectivity index (χ3n) is 6.09. The molecular formula is C23H24BrClN2O4S. The van der Waals surface area contributed by atoms with E-state index in [9.17, 15) is 18.0 Å². The number of carbonyl (C=O) groups is 2. The van der Waals surface area contributed by atoms with E-state index in [1.54, 1.807) is 24.3 Å². The number of rotatable bonds is 5. The number of halogens is 2. The Balaban J connectivity index is 1.74. The van der Waals surface area contributed by atoms with Crippen molar-refractivity contribution in [3.63, 3.8) is 0 Å². The van der Waals surface area contributed by atoms with E-state index in [4.69, 9.17) is 11.6 Å². The highest BCUT2D eigenvalue weighted by Gasteiger charge is 2.49. The van der Waals surface area contributed by atoms with Crippen LogP contribution in [0.5, 0.6) is 0 Å². The second-order valence-electron chi connectivity index (χ2n) is 8.20. The predicted octanol–water partition coefficient (Wildman–Crippen LogP) is 5.15. The van der Waals surface area contributed by atoms with Gasteiger partial charge >= 0.3 is 0 Å². The van der Waals surface area contributed by atoms with Gasteiger partial charge in [0.25, 0.3) is 5.91 Å². The number of imide groups is 1. The van der Waals surface area contributed by atoms with Crippen LogP contribution in [0.4, 0.5) is 5.69 Å². The van der Waals surface area contributed by atoms with Gasteiger partial charge in [0, 0.05) is 15.5 Å². The van der Waals surface area contributed by atoms with Crippen molar-refractivity contribution in [2.24, 2.45) is 0 Å². The van der Waals surface area contributed by atoms with Crippen LogP contribution in [0.3, 0.4) is 0 Å². The molecule has 2 aromatic carbocycles. The van der Waals surface area contributed by atoms with Crippen LogP contribution in [0.2, 0.25) is 5.02 Å². The number of anilines is 1. The highest BCUT2D eigenvalue weighted by Crippen LogP contribution is 2.35. The molecular weight excluding hydrogens is 516 g/mol. The Labute approximate surface area is 201 Å². The lowest BCUT2D eigenvalue weighted by Crippen LogP contribution is -2.50. The molecule has 0 radical (unpaired) electrons. The first-order chi connectivity index (χ1) is 15.3. The third-order valence-corrected chi connectivity index (χ3v) is 8.84. The van der Waals surface area contributed by atoms with Crippen LogP contribution in [0.1, 0.15) is 44.9 Å². The van der Waals surface area contributed by atoms with Crippen LogP contribution in [0, 0.1) is 0 Å². The Morgan fingerprint density at radius 2 is 1.50 bits per heavy atom. The molecule has 2 aromatic rings. The maximum absolute atomic E-state index is 13.8. The molecule has 2 aliphatic rings. The third kappa shape index (κ3) is 4.64. The lowest BCUT2D eigenvalue weighted by Gasteiger charge is -2.33. The van der Waals surface area contributed by atoms with Crippen LogP contribution in [0.15, 0.2) is 57.9 Å². The van der Waals surface area contributed by atoms with E-state index >= 15 is 0 Å². The number of nitrogens with zero attached hydrogens (tertiary/aromatic N) is 2. The SMILES string of the molecule is O=C1CC(N(C2CCCCCC2)S(=O)(=O)c2ccc(Cl)cc2)C(=O)N1c1ccc(Br)cc1. The molecule has 1 unspecified atom stereocenters. The number of hydrogen-bond donors (Lipinski definition) is 0. The largest absolute Gasteiger partial charge is 0.274 e. The fraction of sp³-hybridized carbons (Fsp3) is 0.391. The summed E-state index contributed by atoms with van der Waals surface area (Å²) in [6.07, 6.45) is 5.03. The van der Waals surface area contributed by atoms with Gasteiger partial charge in [0.15, 0.2) is 0 Å². The minimum atomic E-state index is -4.02.